The zero-order valence-corrected chi connectivity index (χ0v) is 12.0. The molecule has 0 radical (unpaired) electrons. The van der Waals surface area contributed by atoms with Gasteiger partial charge in [0.15, 0.2) is 0 Å². The van der Waals surface area contributed by atoms with Gasteiger partial charge in [-0.2, -0.15) is 0 Å². The molecular formula is C17H21NO. The minimum absolute atomic E-state index is 0.0394. The van der Waals surface area contributed by atoms with Crippen molar-refractivity contribution in [2.24, 2.45) is 5.73 Å². The van der Waals surface area contributed by atoms with E-state index in [-0.39, 0.29) is 6.04 Å². The van der Waals surface area contributed by atoms with E-state index >= 15 is 0 Å². The number of ether oxygens (including phenoxy) is 1. The van der Waals surface area contributed by atoms with Gasteiger partial charge in [0.1, 0.15) is 11.5 Å². The highest BCUT2D eigenvalue weighted by atomic mass is 16.5. The molecule has 0 amide bonds. The molecule has 100 valence electrons. The van der Waals surface area contributed by atoms with E-state index in [4.69, 9.17) is 10.5 Å². The molecule has 1 atom stereocenters. The van der Waals surface area contributed by atoms with Crippen molar-refractivity contribution in [3.63, 3.8) is 0 Å². The predicted octanol–water partition coefficient (Wildman–Crippen LogP) is 4.42. The molecule has 2 nitrogen and oxygen atoms in total. The topological polar surface area (TPSA) is 35.2 Å². The standard InChI is InChI=1S/C17H21NO/c1-11-9-12(2)13(3)17(10-11)19-16-8-6-5-7-15(16)14(4)18/h5-10,14H,18H2,1-4H3/t14-/m0/s1. The van der Waals surface area contributed by atoms with E-state index in [0.29, 0.717) is 0 Å². The van der Waals surface area contributed by atoms with E-state index in [0.717, 1.165) is 17.1 Å². The van der Waals surface area contributed by atoms with Crippen LogP contribution in [0.1, 0.15) is 35.2 Å². The summed E-state index contributed by atoms with van der Waals surface area (Å²) in [5.41, 5.74) is 10.6. The first-order valence-corrected chi connectivity index (χ1v) is 6.59. The number of benzene rings is 2. The summed E-state index contributed by atoms with van der Waals surface area (Å²) in [5, 5.41) is 0. The maximum absolute atomic E-state index is 6.08. The summed E-state index contributed by atoms with van der Waals surface area (Å²) in [6.45, 7) is 8.23. The Morgan fingerprint density at radius 1 is 1.00 bits per heavy atom. The molecular weight excluding hydrogens is 234 g/mol. The lowest BCUT2D eigenvalue weighted by Gasteiger charge is -2.16. The third kappa shape index (κ3) is 2.96. The van der Waals surface area contributed by atoms with Crippen LogP contribution in [0.4, 0.5) is 0 Å². The van der Waals surface area contributed by atoms with E-state index in [9.17, 15) is 0 Å². The van der Waals surface area contributed by atoms with Crippen molar-refractivity contribution in [2.75, 3.05) is 0 Å². The Bertz CT molecular complexity index is 588. The Morgan fingerprint density at radius 2 is 1.68 bits per heavy atom. The maximum Gasteiger partial charge on any atom is 0.132 e. The summed E-state index contributed by atoms with van der Waals surface area (Å²) < 4.78 is 6.08. The summed E-state index contributed by atoms with van der Waals surface area (Å²) in [6.07, 6.45) is 0. The first-order chi connectivity index (χ1) is 8.99. The van der Waals surface area contributed by atoms with Crippen LogP contribution in [0.3, 0.4) is 0 Å². The van der Waals surface area contributed by atoms with Crippen molar-refractivity contribution in [3.05, 3.63) is 58.7 Å². The third-order valence-electron chi connectivity index (χ3n) is 3.39. The van der Waals surface area contributed by atoms with Crippen molar-refractivity contribution >= 4 is 0 Å². The molecule has 0 fully saturated rings. The molecule has 0 saturated carbocycles. The molecule has 0 aliphatic rings. The molecule has 0 bridgehead atoms. The van der Waals surface area contributed by atoms with Crippen molar-refractivity contribution in [2.45, 2.75) is 33.7 Å². The minimum Gasteiger partial charge on any atom is -0.457 e. The number of hydrogen-bond acceptors (Lipinski definition) is 2. The van der Waals surface area contributed by atoms with Gasteiger partial charge in [-0.1, -0.05) is 24.3 Å². The van der Waals surface area contributed by atoms with Crippen LogP contribution in [0.25, 0.3) is 0 Å². The van der Waals surface area contributed by atoms with Gasteiger partial charge in [-0.15, -0.1) is 0 Å². The van der Waals surface area contributed by atoms with E-state index in [1.165, 1.54) is 16.7 Å². The summed E-state index contributed by atoms with van der Waals surface area (Å²) >= 11 is 0. The Hall–Kier alpha value is -1.80. The fourth-order valence-electron chi connectivity index (χ4n) is 2.17. The van der Waals surface area contributed by atoms with Crippen LogP contribution in [0.2, 0.25) is 0 Å². The molecule has 2 aromatic carbocycles. The molecule has 0 aliphatic heterocycles. The Kier molecular flexibility index (Phi) is 3.91. The van der Waals surface area contributed by atoms with Crippen LogP contribution in [-0.2, 0) is 0 Å². The summed E-state index contributed by atoms with van der Waals surface area (Å²) in [5.74, 6) is 1.75. The Labute approximate surface area is 115 Å². The zero-order chi connectivity index (χ0) is 14.0. The van der Waals surface area contributed by atoms with Crippen LogP contribution >= 0.6 is 0 Å². The lowest BCUT2D eigenvalue weighted by molar-refractivity contribution is 0.467. The molecule has 2 rings (SSSR count). The highest BCUT2D eigenvalue weighted by molar-refractivity contribution is 5.46. The Balaban J connectivity index is 2.42. The summed E-state index contributed by atoms with van der Waals surface area (Å²) in [4.78, 5) is 0. The largest absolute Gasteiger partial charge is 0.457 e. The van der Waals surface area contributed by atoms with E-state index in [1.54, 1.807) is 0 Å². The highest BCUT2D eigenvalue weighted by Gasteiger charge is 2.10. The van der Waals surface area contributed by atoms with Crippen LogP contribution in [-0.4, -0.2) is 0 Å². The van der Waals surface area contributed by atoms with Gasteiger partial charge in [0.05, 0.1) is 0 Å². The molecule has 2 aromatic rings. The number of aryl methyl sites for hydroxylation is 2. The van der Waals surface area contributed by atoms with Gasteiger partial charge in [0.2, 0.25) is 0 Å². The van der Waals surface area contributed by atoms with Gasteiger partial charge in [-0.25, -0.2) is 0 Å². The van der Waals surface area contributed by atoms with Gasteiger partial charge in [-0.3, -0.25) is 0 Å². The molecule has 0 unspecified atom stereocenters. The lowest BCUT2D eigenvalue weighted by atomic mass is 10.1. The molecule has 0 aliphatic carbocycles. The van der Waals surface area contributed by atoms with Crippen LogP contribution < -0.4 is 10.5 Å². The van der Waals surface area contributed by atoms with Gasteiger partial charge >= 0.3 is 0 Å². The molecule has 2 N–H and O–H groups in total. The van der Waals surface area contributed by atoms with Crippen LogP contribution in [0, 0.1) is 20.8 Å². The fourth-order valence-corrected chi connectivity index (χ4v) is 2.17. The van der Waals surface area contributed by atoms with E-state index in [2.05, 4.69) is 32.9 Å². The van der Waals surface area contributed by atoms with Crippen molar-refractivity contribution in [1.29, 1.82) is 0 Å². The quantitative estimate of drug-likeness (QED) is 0.881. The zero-order valence-electron chi connectivity index (χ0n) is 12.0. The molecule has 19 heavy (non-hydrogen) atoms. The Morgan fingerprint density at radius 3 is 2.37 bits per heavy atom. The molecule has 0 heterocycles. The molecule has 0 spiro atoms. The smallest absolute Gasteiger partial charge is 0.132 e. The van der Waals surface area contributed by atoms with Gasteiger partial charge in [0.25, 0.3) is 0 Å². The number of para-hydroxylation sites is 1. The molecule has 0 aromatic heterocycles. The van der Waals surface area contributed by atoms with Gasteiger partial charge in [0, 0.05) is 11.6 Å². The number of rotatable bonds is 3. The molecule has 0 saturated heterocycles. The average molecular weight is 255 g/mol. The number of hydrogen-bond donors (Lipinski definition) is 1. The van der Waals surface area contributed by atoms with Crippen molar-refractivity contribution < 1.29 is 4.74 Å². The minimum atomic E-state index is -0.0394. The van der Waals surface area contributed by atoms with E-state index < -0.39 is 0 Å². The number of nitrogens with two attached hydrogens (primary N) is 1. The SMILES string of the molecule is Cc1cc(C)c(C)c(Oc2ccccc2[C@H](C)N)c1. The van der Waals surface area contributed by atoms with E-state index in [1.807, 2.05) is 31.2 Å². The second kappa shape index (κ2) is 5.45. The highest BCUT2D eigenvalue weighted by Crippen LogP contribution is 2.32. The van der Waals surface area contributed by atoms with Gasteiger partial charge in [-0.05, 0) is 56.5 Å². The monoisotopic (exact) mass is 255 g/mol. The third-order valence-corrected chi connectivity index (χ3v) is 3.39. The average Bonchev–Trinajstić information content (AvgIpc) is 2.35. The summed E-state index contributed by atoms with van der Waals surface area (Å²) in [7, 11) is 0. The molecule has 2 heteroatoms. The fraction of sp³-hybridized carbons (Fsp3) is 0.294. The van der Waals surface area contributed by atoms with Crippen molar-refractivity contribution in [1.82, 2.24) is 0 Å². The first kappa shape index (κ1) is 13.6. The normalized spacial score (nSPS) is 12.3. The second-order valence-corrected chi connectivity index (χ2v) is 5.13. The predicted molar refractivity (Wildman–Crippen MR) is 79.8 cm³/mol. The lowest BCUT2D eigenvalue weighted by Crippen LogP contribution is -2.06. The first-order valence-electron chi connectivity index (χ1n) is 6.59. The maximum atomic E-state index is 6.08. The van der Waals surface area contributed by atoms with Crippen LogP contribution in [0.5, 0.6) is 11.5 Å². The second-order valence-electron chi connectivity index (χ2n) is 5.13. The van der Waals surface area contributed by atoms with Gasteiger partial charge < -0.3 is 10.5 Å². The summed E-state index contributed by atoms with van der Waals surface area (Å²) in [6, 6.07) is 12.1. The van der Waals surface area contributed by atoms with Crippen LogP contribution in [0.15, 0.2) is 36.4 Å². The van der Waals surface area contributed by atoms with Crippen molar-refractivity contribution in [3.8, 4) is 11.5 Å².